The van der Waals surface area contributed by atoms with Gasteiger partial charge in [0.2, 0.25) is 0 Å². The fourth-order valence-electron chi connectivity index (χ4n) is 9.68. The van der Waals surface area contributed by atoms with Crippen LogP contribution in [-0.2, 0) is 0 Å². The highest BCUT2D eigenvalue weighted by molar-refractivity contribution is 6.29. The average molecular weight is 789 g/mol. The van der Waals surface area contributed by atoms with E-state index in [-0.39, 0.29) is 0 Å². The lowest BCUT2D eigenvalue weighted by Crippen LogP contribution is -2.09. The molecule has 12 aromatic rings. The van der Waals surface area contributed by atoms with Gasteiger partial charge in [-0.2, -0.15) is 0 Å². The first-order chi connectivity index (χ1) is 30.8. The van der Waals surface area contributed by atoms with Crippen molar-refractivity contribution in [2.24, 2.45) is 0 Å². The van der Waals surface area contributed by atoms with Crippen LogP contribution in [0.15, 0.2) is 243 Å². The molecule has 0 aliphatic heterocycles. The van der Waals surface area contributed by atoms with Crippen molar-refractivity contribution in [3.05, 3.63) is 243 Å². The van der Waals surface area contributed by atoms with Crippen LogP contribution in [0.2, 0.25) is 0 Å². The van der Waals surface area contributed by atoms with Gasteiger partial charge in [0.15, 0.2) is 0 Å². The normalized spacial score (nSPS) is 11.5. The fourth-order valence-corrected chi connectivity index (χ4v) is 9.68. The van der Waals surface area contributed by atoms with Gasteiger partial charge in [0, 0.05) is 33.5 Å². The van der Waals surface area contributed by atoms with E-state index >= 15 is 0 Å². The number of hydrogen-bond donors (Lipinski definition) is 0. The molecule has 0 radical (unpaired) electrons. The first-order valence-electron chi connectivity index (χ1n) is 21.3. The number of aromatic nitrogens is 1. The van der Waals surface area contributed by atoms with Crippen molar-refractivity contribution in [2.75, 3.05) is 4.90 Å². The van der Waals surface area contributed by atoms with Crippen molar-refractivity contribution in [3.63, 3.8) is 0 Å². The van der Waals surface area contributed by atoms with Crippen LogP contribution in [0.5, 0.6) is 0 Å². The van der Waals surface area contributed by atoms with Crippen LogP contribution in [-0.4, -0.2) is 4.57 Å². The molecular weight excluding hydrogens is 749 g/mol. The Morgan fingerprint density at radius 3 is 1.10 bits per heavy atom. The maximum atomic E-state index is 2.45. The second kappa shape index (κ2) is 14.8. The number of hydrogen-bond acceptors (Lipinski definition) is 1. The minimum atomic E-state index is 1.09. The Morgan fingerprint density at radius 2 is 0.613 bits per heavy atom. The van der Waals surface area contributed by atoms with Gasteiger partial charge >= 0.3 is 0 Å². The molecule has 0 bridgehead atoms. The molecule has 290 valence electrons. The van der Waals surface area contributed by atoms with Gasteiger partial charge in [-0.05, 0) is 126 Å². The van der Waals surface area contributed by atoms with E-state index in [1.54, 1.807) is 0 Å². The van der Waals surface area contributed by atoms with Crippen LogP contribution >= 0.6 is 0 Å². The van der Waals surface area contributed by atoms with Crippen LogP contribution in [0.4, 0.5) is 17.1 Å². The third kappa shape index (κ3) is 5.96. The fraction of sp³-hybridized carbons (Fsp3) is 0. The Bertz CT molecular complexity index is 3450. The second-order valence-electron chi connectivity index (χ2n) is 16.1. The Balaban J connectivity index is 1.06. The van der Waals surface area contributed by atoms with Gasteiger partial charge in [-0.15, -0.1) is 0 Å². The maximum absolute atomic E-state index is 2.45. The summed E-state index contributed by atoms with van der Waals surface area (Å²) in [7, 11) is 0. The van der Waals surface area contributed by atoms with E-state index in [2.05, 4.69) is 252 Å². The first kappa shape index (κ1) is 35.7. The summed E-state index contributed by atoms with van der Waals surface area (Å²) in [5, 5.41) is 10.1. The Labute approximate surface area is 360 Å². The van der Waals surface area contributed by atoms with Crippen molar-refractivity contribution in [3.8, 4) is 39.1 Å². The maximum Gasteiger partial charge on any atom is 0.0541 e. The minimum absolute atomic E-state index is 1.09. The van der Waals surface area contributed by atoms with Gasteiger partial charge in [-0.1, -0.05) is 182 Å². The van der Waals surface area contributed by atoms with Crippen LogP contribution in [0.3, 0.4) is 0 Å². The lowest BCUT2D eigenvalue weighted by molar-refractivity contribution is 1.19. The summed E-state index contributed by atoms with van der Waals surface area (Å²) in [5.74, 6) is 0. The molecule has 0 spiro atoms. The Morgan fingerprint density at radius 1 is 0.258 bits per heavy atom. The third-order valence-electron chi connectivity index (χ3n) is 12.6. The van der Waals surface area contributed by atoms with Crippen molar-refractivity contribution in [1.29, 1.82) is 0 Å². The topological polar surface area (TPSA) is 8.17 Å². The highest BCUT2D eigenvalue weighted by Crippen LogP contribution is 2.44. The first-order valence-corrected chi connectivity index (χ1v) is 21.3. The predicted molar refractivity (Wildman–Crippen MR) is 264 cm³/mol. The van der Waals surface area contributed by atoms with E-state index < -0.39 is 0 Å². The van der Waals surface area contributed by atoms with E-state index in [0.29, 0.717) is 0 Å². The van der Waals surface area contributed by atoms with E-state index in [9.17, 15) is 0 Å². The van der Waals surface area contributed by atoms with E-state index in [0.717, 1.165) is 22.7 Å². The molecule has 0 unspecified atom stereocenters. The largest absolute Gasteiger partial charge is 0.311 e. The van der Waals surface area contributed by atoms with Gasteiger partial charge in [-0.3, -0.25) is 0 Å². The minimum Gasteiger partial charge on any atom is -0.311 e. The van der Waals surface area contributed by atoms with Crippen molar-refractivity contribution >= 4 is 71.2 Å². The lowest BCUT2D eigenvalue weighted by atomic mass is 9.89. The Hall–Kier alpha value is -8.20. The van der Waals surface area contributed by atoms with Crippen LogP contribution in [0.1, 0.15) is 0 Å². The molecule has 12 rings (SSSR count). The molecule has 0 aliphatic rings. The molecule has 0 atom stereocenters. The van der Waals surface area contributed by atoms with E-state index in [1.165, 1.54) is 87.5 Å². The number of rotatable bonds is 7. The number of nitrogens with zero attached hydrogens (tertiary/aromatic N) is 2. The highest BCUT2D eigenvalue weighted by Gasteiger charge is 2.19. The summed E-state index contributed by atoms with van der Waals surface area (Å²) in [6.07, 6.45) is 0. The zero-order chi connectivity index (χ0) is 41.0. The molecule has 0 amide bonds. The molecule has 0 saturated heterocycles. The molecule has 2 heteroatoms. The molecule has 0 N–H and O–H groups in total. The molecule has 62 heavy (non-hydrogen) atoms. The summed E-state index contributed by atoms with van der Waals surface area (Å²) in [6.45, 7) is 0. The summed E-state index contributed by atoms with van der Waals surface area (Å²) in [5.41, 5.74) is 14.0. The third-order valence-corrected chi connectivity index (χ3v) is 12.6. The zero-order valence-electron chi connectivity index (χ0n) is 34.0. The van der Waals surface area contributed by atoms with Gasteiger partial charge in [-0.25, -0.2) is 0 Å². The molecule has 2 nitrogen and oxygen atoms in total. The van der Waals surface area contributed by atoms with Gasteiger partial charge in [0.1, 0.15) is 0 Å². The van der Waals surface area contributed by atoms with E-state index in [4.69, 9.17) is 0 Å². The molecule has 0 aliphatic carbocycles. The summed E-state index contributed by atoms with van der Waals surface area (Å²) in [4.78, 5) is 2.36. The molecular formula is C60H40N2. The van der Waals surface area contributed by atoms with Gasteiger partial charge in [0.25, 0.3) is 0 Å². The average Bonchev–Trinajstić information content (AvgIpc) is 3.69. The molecule has 11 aromatic carbocycles. The van der Waals surface area contributed by atoms with Crippen LogP contribution in [0, 0.1) is 0 Å². The van der Waals surface area contributed by atoms with Gasteiger partial charge < -0.3 is 9.47 Å². The monoisotopic (exact) mass is 788 g/mol. The lowest BCUT2D eigenvalue weighted by Gasteiger charge is -2.26. The van der Waals surface area contributed by atoms with Crippen molar-refractivity contribution in [1.82, 2.24) is 4.57 Å². The number of benzene rings is 11. The standard InChI is InChI=1S/C60H40N2/c1-3-15-41(16-4-1)43-27-33-46(34-28-43)61(47-35-29-44(30-36-47)42-17-5-2-6-18-42)48-37-31-45(32-38-48)56-39-49(62-58-25-13-11-22-53(58)54-23-12-14-26-59(54)62)40-57-52-21-8-7-19-50(52)51-20-9-10-24-55(51)60(56)57/h1-40H. The smallest absolute Gasteiger partial charge is 0.0541 e. The zero-order valence-corrected chi connectivity index (χ0v) is 34.0. The molecule has 1 heterocycles. The molecule has 1 aromatic heterocycles. The highest BCUT2D eigenvalue weighted by atomic mass is 15.1. The Kier molecular flexibility index (Phi) is 8.53. The van der Waals surface area contributed by atoms with Crippen molar-refractivity contribution < 1.29 is 0 Å². The van der Waals surface area contributed by atoms with Gasteiger partial charge in [0.05, 0.1) is 11.0 Å². The molecule has 0 fully saturated rings. The number of fused-ring (bicyclic) bond motifs is 9. The summed E-state index contributed by atoms with van der Waals surface area (Å²) >= 11 is 0. The number of para-hydroxylation sites is 2. The van der Waals surface area contributed by atoms with Crippen molar-refractivity contribution in [2.45, 2.75) is 0 Å². The quantitative estimate of drug-likeness (QED) is 0.146. The second-order valence-corrected chi connectivity index (χ2v) is 16.1. The predicted octanol–water partition coefficient (Wildman–Crippen LogP) is 16.7. The van der Waals surface area contributed by atoms with Crippen LogP contribution in [0.25, 0.3) is 93.2 Å². The SMILES string of the molecule is c1ccc(-c2ccc(N(c3ccc(-c4ccccc4)cc3)c3ccc(-c4cc(-n5c6ccccc6c6ccccc65)cc5c6ccccc6c6ccccc6c45)cc3)cc2)cc1. The van der Waals surface area contributed by atoms with Crippen LogP contribution < -0.4 is 4.90 Å². The summed E-state index contributed by atoms with van der Waals surface area (Å²) < 4.78 is 2.45. The number of anilines is 3. The summed E-state index contributed by atoms with van der Waals surface area (Å²) in [6, 6.07) is 88.4. The molecule has 0 saturated carbocycles. The van der Waals surface area contributed by atoms with E-state index in [1.807, 2.05) is 0 Å².